The first-order valence-corrected chi connectivity index (χ1v) is 6.50. The molecule has 19 heavy (non-hydrogen) atoms. The van der Waals surface area contributed by atoms with Crippen LogP contribution in [0.25, 0.3) is 0 Å². The van der Waals surface area contributed by atoms with Gasteiger partial charge in [-0.1, -0.05) is 6.92 Å². The minimum absolute atomic E-state index is 0.191. The van der Waals surface area contributed by atoms with Gasteiger partial charge in [-0.25, -0.2) is 4.39 Å². The summed E-state index contributed by atoms with van der Waals surface area (Å²) in [6, 6.07) is 3.54. The summed E-state index contributed by atoms with van der Waals surface area (Å²) in [6.45, 7) is 5.70. The van der Waals surface area contributed by atoms with Crippen LogP contribution in [0.15, 0.2) is 12.1 Å². The highest BCUT2D eigenvalue weighted by molar-refractivity contribution is 5.52. The number of ether oxygens (including phenoxy) is 2. The smallest absolute Gasteiger partial charge is 0.164 e. The van der Waals surface area contributed by atoms with Gasteiger partial charge in [-0.2, -0.15) is 0 Å². The monoisotopic (exact) mass is 269 g/mol. The van der Waals surface area contributed by atoms with E-state index in [9.17, 15) is 4.39 Å². The third-order valence-electron chi connectivity index (χ3n) is 3.32. The second kappa shape index (κ2) is 6.24. The molecular formula is C15H24FNO2. The third-order valence-corrected chi connectivity index (χ3v) is 3.32. The molecule has 0 aromatic heterocycles. The minimum atomic E-state index is -1.42. The Kier molecular flexibility index (Phi) is 5.18. The minimum Gasteiger partial charge on any atom is -0.493 e. The molecule has 0 spiro atoms. The molecule has 1 aromatic rings. The van der Waals surface area contributed by atoms with Crippen molar-refractivity contribution in [3.63, 3.8) is 0 Å². The van der Waals surface area contributed by atoms with Crippen molar-refractivity contribution in [2.75, 3.05) is 20.8 Å². The summed E-state index contributed by atoms with van der Waals surface area (Å²) in [5, 5.41) is 0. The normalized spacial score (nSPS) is 13.2. The molecule has 0 fully saturated rings. The predicted octanol–water partition coefficient (Wildman–Crippen LogP) is 3.36. The van der Waals surface area contributed by atoms with Crippen LogP contribution in [0.3, 0.4) is 0 Å². The van der Waals surface area contributed by atoms with Gasteiger partial charge in [-0.15, -0.1) is 0 Å². The van der Waals surface area contributed by atoms with E-state index in [-0.39, 0.29) is 5.92 Å². The van der Waals surface area contributed by atoms with Crippen LogP contribution < -0.4 is 15.2 Å². The molecule has 1 rings (SSSR count). The quantitative estimate of drug-likeness (QED) is 0.861. The summed E-state index contributed by atoms with van der Waals surface area (Å²) in [4.78, 5) is 0. The number of halogens is 1. The van der Waals surface area contributed by atoms with Crippen LogP contribution >= 0.6 is 0 Å². The SMILES string of the molecule is COc1cc(C(C)(C)F)cc(C(C)CCN)c1OC. The van der Waals surface area contributed by atoms with Crippen LogP contribution in [0.4, 0.5) is 4.39 Å². The maximum absolute atomic E-state index is 14.2. The topological polar surface area (TPSA) is 44.5 Å². The van der Waals surface area contributed by atoms with Crippen LogP contribution in [0.1, 0.15) is 44.2 Å². The molecule has 0 saturated carbocycles. The Balaban J connectivity index is 3.40. The van der Waals surface area contributed by atoms with Gasteiger partial charge < -0.3 is 15.2 Å². The van der Waals surface area contributed by atoms with Gasteiger partial charge in [0.15, 0.2) is 11.5 Å². The number of nitrogens with two attached hydrogens (primary N) is 1. The van der Waals surface area contributed by atoms with Crippen molar-refractivity contribution < 1.29 is 13.9 Å². The first kappa shape index (κ1) is 15.8. The van der Waals surface area contributed by atoms with Crippen molar-refractivity contribution in [1.82, 2.24) is 0 Å². The van der Waals surface area contributed by atoms with Crippen LogP contribution in [0.5, 0.6) is 11.5 Å². The van der Waals surface area contributed by atoms with E-state index in [1.807, 2.05) is 6.07 Å². The number of alkyl halides is 1. The largest absolute Gasteiger partial charge is 0.493 e. The first-order chi connectivity index (χ1) is 8.85. The fraction of sp³-hybridized carbons (Fsp3) is 0.600. The van der Waals surface area contributed by atoms with E-state index in [1.54, 1.807) is 20.3 Å². The molecule has 1 aromatic carbocycles. The van der Waals surface area contributed by atoms with E-state index in [0.717, 1.165) is 12.0 Å². The average molecular weight is 269 g/mol. The lowest BCUT2D eigenvalue weighted by Gasteiger charge is -2.22. The lowest BCUT2D eigenvalue weighted by atomic mass is 9.90. The molecule has 0 saturated heterocycles. The van der Waals surface area contributed by atoms with E-state index in [1.165, 1.54) is 13.8 Å². The number of rotatable bonds is 6. The van der Waals surface area contributed by atoms with Crippen molar-refractivity contribution in [3.05, 3.63) is 23.3 Å². The number of hydrogen-bond acceptors (Lipinski definition) is 3. The molecule has 0 bridgehead atoms. The van der Waals surface area contributed by atoms with Crippen LogP contribution in [-0.4, -0.2) is 20.8 Å². The van der Waals surface area contributed by atoms with Crippen LogP contribution in [-0.2, 0) is 5.67 Å². The summed E-state index contributed by atoms with van der Waals surface area (Å²) >= 11 is 0. The van der Waals surface area contributed by atoms with Crippen molar-refractivity contribution in [3.8, 4) is 11.5 Å². The lowest BCUT2D eigenvalue weighted by molar-refractivity contribution is 0.220. The van der Waals surface area contributed by atoms with Crippen LogP contribution in [0, 0.1) is 0 Å². The molecule has 0 aliphatic rings. The third kappa shape index (κ3) is 3.60. The van der Waals surface area contributed by atoms with Gasteiger partial charge in [0.1, 0.15) is 5.67 Å². The van der Waals surface area contributed by atoms with E-state index in [0.29, 0.717) is 23.6 Å². The first-order valence-electron chi connectivity index (χ1n) is 6.50. The standard InChI is InChI=1S/C15H24FNO2/c1-10(6-7-17)12-8-11(15(2,3)16)9-13(18-4)14(12)19-5/h8-10H,6-7,17H2,1-5H3. The summed E-state index contributed by atoms with van der Waals surface area (Å²) in [7, 11) is 3.15. The Morgan fingerprint density at radius 1 is 1.26 bits per heavy atom. The molecule has 1 unspecified atom stereocenters. The predicted molar refractivity (Wildman–Crippen MR) is 75.8 cm³/mol. The molecular weight excluding hydrogens is 245 g/mol. The Hall–Kier alpha value is -1.29. The maximum Gasteiger partial charge on any atom is 0.164 e. The fourth-order valence-electron chi connectivity index (χ4n) is 2.11. The maximum atomic E-state index is 14.2. The zero-order valence-electron chi connectivity index (χ0n) is 12.4. The number of benzene rings is 1. The Morgan fingerprint density at radius 3 is 2.32 bits per heavy atom. The van der Waals surface area contributed by atoms with E-state index < -0.39 is 5.67 Å². The molecule has 108 valence electrons. The molecule has 0 radical (unpaired) electrons. The molecule has 1 atom stereocenters. The van der Waals surface area contributed by atoms with Crippen molar-refractivity contribution in [1.29, 1.82) is 0 Å². The molecule has 3 nitrogen and oxygen atoms in total. The van der Waals surface area contributed by atoms with Gasteiger partial charge in [0.05, 0.1) is 14.2 Å². The van der Waals surface area contributed by atoms with Gasteiger partial charge in [0, 0.05) is 5.56 Å². The summed E-state index contributed by atoms with van der Waals surface area (Å²) < 4.78 is 24.9. The number of methoxy groups -OCH3 is 2. The highest BCUT2D eigenvalue weighted by atomic mass is 19.1. The van der Waals surface area contributed by atoms with Crippen molar-refractivity contribution in [2.24, 2.45) is 5.73 Å². The molecule has 4 heteroatoms. The van der Waals surface area contributed by atoms with Gasteiger partial charge >= 0.3 is 0 Å². The highest BCUT2D eigenvalue weighted by Gasteiger charge is 2.25. The average Bonchev–Trinajstić information content (AvgIpc) is 2.36. The van der Waals surface area contributed by atoms with Gasteiger partial charge in [0.25, 0.3) is 0 Å². The lowest BCUT2D eigenvalue weighted by Crippen LogP contribution is -2.12. The summed E-state index contributed by atoms with van der Waals surface area (Å²) in [5.74, 6) is 1.41. The van der Waals surface area contributed by atoms with Gasteiger partial charge in [-0.05, 0) is 50.4 Å². The molecule has 0 aliphatic heterocycles. The second-order valence-corrected chi connectivity index (χ2v) is 5.25. The Morgan fingerprint density at radius 2 is 1.89 bits per heavy atom. The highest BCUT2D eigenvalue weighted by Crippen LogP contribution is 2.41. The van der Waals surface area contributed by atoms with Crippen molar-refractivity contribution >= 4 is 0 Å². The molecule has 0 amide bonds. The molecule has 0 aliphatic carbocycles. The van der Waals surface area contributed by atoms with Crippen LogP contribution in [0.2, 0.25) is 0 Å². The van der Waals surface area contributed by atoms with E-state index in [2.05, 4.69) is 6.92 Å². The summed E-state index contributed by atoms with van der Waals surface area (Å²) in [6.07, 6.45) is 0.815. The Labute approximate surface area is 114 Å². The van der Waals surface area contributed by atoms with Gasteiger partial charge in [-0.3, -0.25) is 0 Å². The van der Waals surface area contributed by atoms with Gasteiger partial charge in [0.2, 0.25) is 0 Å². The van der Waals surface area contributed by atoms with E-state index in [4.69, 9.17) is 15.2 Å². The van der Waals surface area contributed by atoms with Crippen molar-refractivity contribution in [2.45, 2.75) is 38.8 Å². The molecule has 0 heterocycles. The Bertz CT molecular complexity index is 427. The number of hydrogen-bond donors (Lipinski definition) is 1. The van der Waals surface area contributed by atoms with E-state index >= 15 is 0 Å². The fourth-order valence-corrected chi connectivity index (χ4v) is 2.11. The zero-order chi connectivity index (χ0) is 14.6. The summed E-state index contributed by atoms with van der Waals surface area (Å²) in [5.41, 5.74) is 5.71. The zero-order valence-corrected chi connectivity index (χ0v) is 12.4. The second-order valence-electron chi connectivity index (χ2n) is 5.25. The molecule has 2 N–H and O–H groups in total.